The molecule has 3 aromatic carbocycles. The number of anilines is 1. The molecule has 1 unspecified atom stereocenters. The van der Waals surface area contributed by atoms with E-state index in [9.17, 15) is 19.7 Å². The van der Waals surface area contributed by atoms with E-state index in [4.69, 9.17) is 4.99 Å². The van der Waals surface area contributed by atoms with Crippen LogP contribution in [-0.2, 0) is 22.6 Å². The Morgan fingerprint density at radius 1 is 0.905 bits per heavy atom. The van der Waals surface area contributed by atoms with Crippen LogP contribution in [-0.4, -0.2) is 58.4 Å². The molecular weight excluding hydrogens is 530 g/mol. The monoisotopic (exact) mass is 565 g/mol. The van der Waals surface area contributed by atoms with Crippen LogP contribution in [0.15, 0.2) is 71.7 Å². The molecule has 1 N–H and O–H groups in total. The Labute approximate surface area is 245 Å². The second-order valence-corrected chi connectivity index (χ2v) is 11.4. The van der Waals surface area contributed by atoms with Gasteiger partial charge in [-0.25, -0.2) is 0 Å². The molecule has 3 aliphatic heterocycles. The fourth-order valence-electron chi connectivity index (χ4n) is 6.15. The van der Waals surface area contributed by atoms with Crippen molar-refractivity contribution in [2.75, 3.05) is 31.5 Å². The highest BCUT2D eigenvalue weighted by molar-refractivity contribution is 6.24. The van der Waals surface area contributed by atoms with Crippen molar-refractivity contribution in [1.29, 1.82) is 0 Å². The third-order valence-electron chi connectivity index (χ3n) is 8.48. The predicted octanol–water partition coefficient (Wildman–Crippen LogP) is 5.60. The fraction of sp³-hybridized carbons (Fsp3) is 0.364. The number of benzene rings is 3. The fourth-order valence-corrected chi connectivity index (χ4v) is 6.15. The Morgan fingerprint density at radius 3 is 2.33 bits per heavy atom. The number of hydrogen-bond acceptors (Lipinski definition) is 6. The van der Waals surface area contributed by atoms with Gasteiger partial charge in [0.25, 0.3) is 5.69 Å². The van der Waals surface area contributed by atoms with Crippen molar-refractivity contribution in [2.24, 2.45) is 4.99 Å². The van der Waals surface area contributed by atoms with Crippen LogP contribution < -0.4 is 5.32 Å². The van der Waals surface area contributed by atoms with Gasteiger partial charge in [-0.05, 0) is 80.1 Å². The summed E-state index contributed by atoms with van der Waals surface area (Å²) in [5.74, 6) is -0.831. The van der Waals surface area contributed by atoms with Crippen molar-refractivity contribution in [2.45, 2.75) is 51.0 Å². The Morgan fingerprint density at radius 2 is 1.62 bits per heavy atom. The molecule has 3 aliphatic rings. The van der Waals surface area contributed by atoms with Gasteiger partial charge in [-0.2, -0.15) is 0 Å². The number of piperidine rings is 1. The molecule has 0 spiro atoms. The zero-order chi connectivity index (χ0) is 29.1. The summed E-state index contributed by atoms with van der Waals surface area (Å²) in [5.41, 5.74) is 5.38. The first-order chi connectivity index (χ1) is 20.4. The summed E-state index contributed by atoms with van der Waals surface area (Å²) in [6.45, 7) is 4.65. The number of carbonyl (C=O) groups excluding carboxylic acids is 2. The van der Waals surface area contributed by atoms with Gasteiger partial charge >= 0.3 is 0 Å². The molecule has 0 aliphatic carbocycles. The molecule has 3 heterocycles. The standard InChI is InChI=1S/C33H35N5O4/c39-30-5-1-2-19-37(30)20-16-23-6-10-25(11-7-23)32(31-28-21-27(38(41)42)14-15-29(28)35-33(31)40)34-26-12-8-24(9-13-26)22-36-17-3-4-18-36/h6-15,21,31H,1-5,16-20,22H2,(H,35,40). The van der Waals surface area contributed by atoms with Crippen molar-refractivity contribution >= 4 is 34.6 Å². The van der Waals surface area contributed by atoms with Gasteiger partial charge in [-0.3, -0.25) is 29.6 Å². The maximum absolute atomic E-state index is 13.3. The van der Waals surface area contributed by atoms with E-state index in [1.54, 1.807) is 6.07 Å². The molecule has 216 valence electrons. The average molecular weight is 566 g/mol. The van der Waals surface area contributed by atoms with E-state index in [0.717, 1.165) is 62.3 Å². The molecule has 9 heteroatoms. The molecule has 2 saturated heterocycles. The first kappa shape index (κ1) is 27.8. The maximum Gasteiger partial charge on any atom is 0.269 e. The van der Waals surface area contributed by atoms with Crippen LogP contribution >= 0.6 is 0 Å². The zero-order valence-electron chi connectivity index (χ0n) is 23.6. The second kappa shape index (κ2) is 12.2. The third kappa shape index (κ3) is 6.11. The van der Waals surface area contributed by atoms with Crippen LogP contribution in [0.3, 0.4) is 0 Å². The van der Waals surface area contributed by atoms with Gasteiger partial charge < -0.3 is 10.2 Å². The number of carbonyl (C=O) groups is 2. The van der Waals surface area contributed by atoms with E-state index >= 15 is 0 Å². The normalized spacial score (nSPS) is 19.2. The number of rotatable bonds is 9. The Balaban J connectivity index is 1.30. The first-order valence-electron chi connectivity index (χ1n) is 14.8. The molecule has 0 aromatic heterocycles. The van der Waals surface area contributed by atoms with Crippen molar-refractivity contribution in [3.05, 3.63) is 99.1 Å². The van der Waals surface area contributed by atoms with E-state index < -0.39 is 10.8 Å². The van der Waals surface area contributed by atoms with Crippen LogP contribution in [0.4, 0.5) is 17.1 Å². The maximum atomic E-state index is 13.3. The largest absolute Gasteiger partial charge is 0.342 e. The number of aliphatic imine (C=N–C) groups is 1. The Bertz CT molecular complexity index is 1510. The number of likely N-dealkylation sites (tertiary alicyclic amines) is 2. The number of hydrogen-bond donors (Lipinski definition) is 1. The average Bonchev–Trinajstić information content (AvgIpc) is 3.63. The Kier molecular flexibility index (Phi) is 8.10. The predicted molar refractivity (Wildman–Crippen MR) is 162 cm³/mol. The van der Waals surface area contributed by atoms with E-state index in [1.165, 1.54) is 30.5 Å². The number of nitro groups is 1. The lowest BCUT2D eigenvalue weighted by Gasteiger charge is -2.26. The van der Waals surface area contributed by atoms with Crippen molar-refractivity contribution in [3.63, 3.8) is 0 Å². The smallest absolute Gasteiger partial charge is 0.269 e. The molecule has 0 radical (unpaired) electrons. The minimum atomic E-state index is -0.791. The van der Waals surface area contributed by atoms with E-state index in [0.29, 0.717) is 29.9 Å². The van der Waals surface area contributed by atoms with Crippen LogP contribution in [0.2, 0.25) is 0 Å². The highest BCUT2D eigenvalue weighted by Crippen LogP contribution is 2.38. The van der Waals surface area contributed by atoms with Crippen LogP contribution in [0.25, 0.3) is 0 Å². The minimum Gasteiger partial charge on any atom is -0.342 e. The van der Waals surface area contributed by atoms with E-state index in [2.05, 4.69) is 22.3 Å². The van der Waals surface area contributed by atoms with Gasteiger partial charge in [0.15, 0.2) is 0 Å². The number of fused-ring (bicyclic) bond motifs is 1. The molecule has 3 aromatic rings. The topological polar surface area (TPSA) is 108 Å². The quantitative estimate of drug-likeness (QED) is 0.206. The lowest BCUT2D eigenvalue weighted by atomic mass is 9.90. The van der Waals surface area contributed by atoms with Gasteiger partial charge in [-0.1, -0.05) is 36.4 Å². The number of nitro benzene ring substituents is 1. The van der Waals surface area contributed by atoms with E-state index in [1.807, 2.05) is 41.3 Å². The minimum absolute atomic E-state index is 0.0662. The van der Waals surface area contributed by atoms with Gasteiger partial charge in [0.2, 0.25) is 11.8 Å². The zero-order valence-corrected chi connectivity index (χ0v) is 23.6. The first-order valence-corrected chi connectivity index (χ1v) is 14.8. The van der Waals surface area contributed by atoms with Crippen LogP contribution in [0.5, 0.6) is 0 Å². The highest BCUT2D eigenvalue weighted by atomic mass is 16.6. The number of non-ortho nitro benzene ring substituents is 1. The summed E-state index contributed by atoms with van der Waals surface area (Å²) in [4.78, 5) is 46.0. The number of amides is 2. The summed E-state index contributed by atoms with van der Waals surface area (Å²) in [5, 5.41) is 14.4. The number of nitrogens with zero attached hydrogens (tertiary/aromatic N) is 4. The summed E-state index contributed by atoms with van der Waals surface area (Å²) in [7, 11) is 0. The van der Waals surface area contributed by atoms with Gasteiger partial charge in [-0.15, -0.1) is 0 Å². The van der Waals surface area contributed by atoms with Gasteiger partial charge in [0.1, 0.15) is 5.92 Å². The molecular formula is C33H35N5O4. The summed E-state index contributed by atoms with van der Waals surface area (Å²) < 4.78 is 0. The molecule has 0 saturated carbocycles. The highest BCUT2D eigenvalue weighted by Gasteiger charge is 2.36. The van der Waals surface area contributed by atoms with Crippen LogP contribution in [0.1, 0.15) is 60.3 Å². The molecule has 42 heavy (non-hydrogen) atoms. The third-order valence-corrected chi connectivity index (χ3v) is 8.48. The Hall–Kier alpha value is -4.37. The summed E-state index contributed by atoms with van der Waals surface area (Å²) in [6.07, 6.45) is 5.87. The van der Waals surface area contributed by atoms with Gasteiger partial charge in [0.05, 0.1) is 16.3 Å². The number of nitrogens with one attached hydrogen (secondary N) is 1. The lowest BCUT2D eigenvalue weighted by Crippen LogP contribution is -2.36. The van der Waals surface area contributed by atoms with Crippen molar-refractivity contribution in [3.8, 4) is 0 Å². The molecule has 6 rings (SSSR count). The van der Waals surface area contributed by atoms with Crippen molar-refractivity contribution < 1.29 is 14.5 Å². The summed E-state index contributed by atoms with van der Waals surface area (Å²) >= 11 is 0. The molecule has 1 atom stereocenters. The van der Waals surface area contributed by atoms with E-state index in [-0.39, 0.29) is 17.5 Å². The van der Waals surface area contributed by atoms with Gasteiger partial charge in [0, 0.05) is 49.4 Å². The van der Waals surface area contributed by atoms with Crippen molar-refractivity contribution in [1.82, 2.24) is 9.80 Å². The molecule has 2 fully saturated rings. The SMILES string of the molecule is O=C1Nc2ccc([N+](=O)[O-])cc2C1C(=Nc1ccc(CN2CCCC2)cc1)c1ccc(CCN2CCCCC2=O)cc1. The molecule has 0 bridgehead atoms. The van der Waals surface area contributed by atoms with Crippen LogP contribution in [0, 0.1) is 10.1 Å². The lowest BCUT2D eigenvalue weighted by molar-refractivity contribution is -0.384. The molecule has 9 nitrogen and oxygen atoms in total. The second-order valence-electron chi connectivity index (χ2n) is 11.4. The summed E-state index contributed by atoms with van der Waals surface area (Å²) in [6, 6.07) is 20.5. The molecule has 2 amide bonds.